The molecule has 1 heterocycles. The Morgan fingerprint density at radius 2 is 2.05 bits per heavy atom. The largest absolute Gasteiger partial charge is 0.481 e. The van der Waals surface area contributed by atoms with Gasteiger partial charge in [0.2, 0.25) is 0 Å². The number of carbonyl (C=O) groups is 2. The van der Waals surface area contributed by atoms with Crippen LogP contribution in [0.1, 0.15) is 67.9 Å². The second-order valence-corrected chi connectivity index (χ2v) is 6.26. The molecule has 0 bridgehead atoms. The van der Waals surface area contributed by atoms with E-state index in [1.165, 1.54) is 12.8 Å². The molecule has 0 atom stereocenters. The van der Waals surface area contributed by atoms with E-state index in [2.05, 4.69) is 10.4 Å². The summed E-state index contributed by atoms with van der Waals surface area (Å²) in [6.07, 6.45) is 8.56. The van der Waals surface area contributed by atoms with Gasteiger partial charge in [0.25, 0.3) is 5.91 Å². The van der Waals surface area contributed by atoms with Crippen LogP contribution in [0.4, 0.5) is 0 Å². The Morgan fingerprint density at radius 3 is 2.62 bits per heavy atom. The minimum absolute atomic E-state index is 0.00366. The van der Waals surface area contributed by atoms with Crippen LogP contribution in [0.25, 0.3) is 0 Å². The number of hydrogen-bond donors (Lipinski definition) is 2. The Bertz CT molecular complexity index is 542. The van der Waals surface area contributed by atoms with E-state index < -0.39 is 11.5 Å². The molecular weight excluding hydrogens is 270 g/mol. The quantitative estimate of drug-likeness (QED) is 0.870. The molecule has 114 valence electrons. The van der Waals surface area contributed by atoms with E-state index in [4.69, 9.17) is 5.11 Å². The van der Waals surface area contributed by atoms with Crippen molar-refractivity contribution in [2.75, 3.05) is 0 Å². The highest BCUT2D eigenvalue weighted by molar-refractivity contribution is 5.93. The van der Waals surface area contributed by atoms with Crippen molar-refractivity contribution in [3.63, 3.8) is 0 Å². The van der Waals surface area contributed by atoms with Crippen molar-refractivity contribution in [2.24, 2.45) is 0 Å². The van der Waals surface area contributed by atoms with Crippen molar-refractivity contribution >= 4 is 11.9 Å². The zero-order valence-corrected chi connectivity index (χ0v) is 12.0. The molecule has 0 aromatic carbocycles. The van der Waals surface area contributed by atoms with E-state index in [1.54, 1.807) is 12.3 Å². The molecule has 1 aromatic heterocycles. The lowest BCUT2D eigenvalue weighted by Crippen LogP contribution is -2.55. The number of rotatable bonds is 5. The first-order valence-corrected chi connectivity index (χ1v) is 7.67. The van der Waals surface area contributed by atoms with E-state index in [1.807, 2.05) is 4.68 Å². The third-order valence-electron chi connectivity index (χ3n) is 4.75. The van der Waals surface area contributed by atoms with Crippen molar-refractivity contribution < 1.29 is 14.7 Å². The van der Waals surface area contributed by atoms with Gasteiger partial charge in [0.1, 0.15) is 5.69 Å². The van der Waals surface area contributed by atoms with Gasteiger partial charge < -0.3 is 10.4 Å². The summed E-state index contributed by atoms with van der Waals surface area (Å²) in [5, 5.41) is 16.3. The highest BCUT2D eigenvalue weighted by atomic mass is 16.4. The second kappa shape index (κ2) is 5.50. The molecular formula is C15H21N3O3. The van der Waals surface area contributed by atoms with Crippen molar-refractivity contribution in [3.8, 4) is 0 Å². The lowest BCUT2D eigenvalue weighted by molar-refractivity contribution is -0.139. The standard InChI is InChI=1S/C15H21N3O3/c19-13(20)10-15(7-3-8-15)17-14(21)12-6-9-16-18(12)11-4-1-2-5-11/h6,9,11H,1-5,7-8,10H2,(H,17,21)(H,19,20). The normalized spacial score (nSPS) is 21.0. The highest BCUT2D eigenvalue weighted by Gasteiger charge is 2.41. The van der Waals surface area contributed by atoms with Gasteiger partial charge in [0, 0.05) is 6.20 Å². The van der Waals surface area contributed by atoms with Crippen molar-refractivity contribution in [1.29, 1.82) is 0 Å². The summed E-state index contributed by atoms with van der Waals surface area (Å²) < 4.78 is 1.81. The van der Waals surface area contributed by atoms with Gasteiger partial charge in [0.05, 0.1) is 18.0 Å². The molecule has 0 spiro atoms. The summed E-state index contributed by atoms with van der Waals surface area (Å²) in [5.41, 5.74) is -0.00759. The van der Waals surface area contributed by atoms with Gasteiger partial charge in [-0.05, 0) is 38.2 Å². The van der Waals surface area contributed by atoms with Crippen molar-refractivity contribution in [2.45, 2.75) is 62.9 Å². The molecule has 2 saturated carbocycles. The summed E-state index contributed by atoms with van der Waals surface area (Å²) in [7, 11) is 0. The first-order chi connectivity index (χ1) is 10.1. The Hall–Kier alpha value is -1.85. The highest BCUT2D eigenvalue weighted by Crippen LogP contribution is 2.35. The number of aliphatic carboxylic acids is 1. The SMILES string of the molecule is O=C(O)CC1(NC(=O)c2ccnn2C2CCCC2)CCC1. The molecule has 2 N–H and O–H groups in total. The average molecular weight is 291 g/mol. The lowest BCUT2D eigenvalue weighted by atomic mass is 9.74. The van der Waals surface area contributed by atoms with Gasteiger partial charge >= 0.3 is 5.97 Å². The monoisotopic (exact) mass is 291 g/mol. The van der Waals surface area contributed by atoms with Crippen LogP contribution in [0, 0.1) is 0 Å². The second-order valence-electron chi connectivity index (χ2n) is 6.26. The summed E-state index contributed by atoms with van der Waals surface area (Å²) in [4.78, 5) is 23.5. The number of nitrogens with one attached hydrogen (secondary N) is 1. The first-order valence-electron chi connectivity index (χ1n) is 7.67. The first kappa shape index (κ1) is 14.1. The van der Waals surface area contributed by atoms with Gasteiger partial charge in [0.15, 0.2) is 0 Å². The fraction of sp³-hybridized carbons (Fsp3) is 0.667. The molecule has 0 saturated heterocycles. The molecule has 6 heteroatoms. The fourth-order valence-corrected chi connectivity index (χ4v) is 3.48. The Kier molecular flexibility index (Phi) is 3.69. The summed E-state index contributed by atoms with van der Waals surface area (Å²) in [6.45, 7) is 0. The van der Waals surface area contributed by atoms with Crippen LogP contribution in [0.2, 0.25) is 0 Å². The van der Waals surface area contributed by atoms with Gasteiger partial charge in [-0.15, -0.1) is 0 Å². The number of hydrogen-bond acceptors (Lipinski definition) is 3. The van der Waals surface area contributed by atoms with E-state index in [-0.39, 0.29) is 12.3 Å². The molecule has 0 radical (unpaired) electrons. The Labute approximate surface area is 123 Å². The lowest BCUT2D eigenvalue weighted by Gasteiger charge is -2.41. The van der Waals surface area contributed by atoms with Gasteiger partial charge in [-0.2, -0.15) is 5.10 Å². The van der Waals surface area contributed by atoms with Crippen molar-refractivity contribution in [3.05, 3.63) is 18.0 Å². The summed E-state index contributed by atoms with van der Waals surface area (Å²) in [5.74, 6) is -1.06. The molecule has 0 aliphatic heterocycles. The maximum atomic E-state index is 12.5. The van der Waals surface area contributed by atoms with Crippen LogP contribution in [0.3, 0.4) is 0 Å². The molecule has 3 rings (SSSR count). The fourth-order valence-electron chi connectivity index (χ4n) is 3.48. The number of carboxylic acids is 1. The topological polar surface area (TPSA) is 84.2 Å². The smallest absolute Gasteiger partial charge is 0.305 e. The van der Waals surface area contributed by atoms with Crippen LogP contribution in [-0.2, 0) is 4.79 Å². The zero-order chi connectivity index (χ0) is 14.9. The molecule has 6 nitrogen and oxygen atoms in total. The molecule has 2 aliphatic rings. The minimum atomic E-state index is -0.862. The number of carbonyl (C=O) groups excluding carboxylic acids is 1. The Morgan fingerprint density at radius 1 is 1.33 bits per heavy atom. The van der Waals surface area contributed by atoms with Crippen LogP contribution in [-0.4, -0.2) is 32.3 Å². The molecule has 1 amide bonds. The van der Waals surface area contributed by atoms with E-state index in [9.17, 15) is 9.59 Å². The average Bonchev–Trinajstić information content (AvgIpc) is 3.05. The predicted octanol–water partition coefficient (Wildman–Crippen LogP) is 2.13. The van der Waals surface area contributed by atoms with E-state index >= 15 is 0 Å². The Balaban J connectivity index is 1.73. The summed E-state index contributed by atoms with van der Waals surface area (Å²) in [6, 6.07) is 2.03. The number of amides is 1. The van der Waals surface area contributed by atoms with E-state index in [0.29, 0.717) is 11.7 Å². The molecule has 2 fully saturated rings. The third kappa shape index (κ3) is 2.80. The van der Waals surface area contributed by atoms with Gasteiger partial charge in [-0.25, -0.2) is 0 Å². The summed E-state index contributed by atoms with van der Waals surface area (Å²) >= 11 is 0. The van der Waals surface area contributed by atoms with Crippen LogP contribution in [0.15, 0.2) is 12.3 Å². The number of nitrogens with zero attached hydrogens (tertiary/aromatic N) is 2. The maximum Gasteiger partial charge on any atom is 0.305 e. The number of carboxylic acid groups (broad SMARTS) is 1. The van der Waals surface area contributed by atoms with E-state index in [0.717, 1.165) is 32.1 Å². The number of aromatic nitrogens is 2. The molecule has 21 heavy (non-hydrogen) atoms. The van der Waals surface area contributed by atoms with Crippen molar-refractivity contribution in [1.82, 2.24) is 15.1 Å². The molecule has 1 aromatic rings. The minimum Gasteiger partial charge on any atom is -0.481 e. The van der Waals surface area contributed by atoms with Crippen LogP contribution < -0.4 is 5.32 Å². The molecule has 0 unspecified atom stereocenters. The van der Waals surface area contributed by atoms with Gasteiger partial charge in [-0.3, -0.25) is 14.3 Å². The predicted molar refractivity (Wildman–Crippen MR) is 76.0 cm³/mol. The maximum absolute atomic E-state index is 12.5. The zero-order valence-electron chi connectivity index (χ0n) is 12.0. The van der Waals surface area contributed by atoms with Crippen LogP contribution >= 0.6 is 0 Å². The third-order valence-corrected chi connectivity index (χ3v) is 4.75. The van der Waals surface area contributed by atoms with Gasteiger partial charge in [-0.1, -0.05) is 12.8 Å². The van der Waals surface area contributed by atoms with Crippen LogP contribution in [0.5, 0.6) is 0 Å². The molecule has 2 aliphatic carbocycles.